The number of fused-ring (bicyclic) bond motifs is 4. The maximum absolute atomic E-state index is 12.5. The van der Waals surface area contributed by atoms with Gasteiger partial charge in [0.25, 0.3) is 0 Å². The molecule has 154 valence electrons. The van der Waals surface area contributed by atoms with E-state index in [0.717, 1.165) is 22.2 Å². The minimum atomic E-state index is -0.795. The van der Waals surface area contributed by atoms with Crippen molar-refractivity contribution in [1.29, 1.82) is 5.26 Å². The molecule has 4 rings (SSSR count). The highest BCUT2D eigenvalue weighted by Gasteiger charge is 2.45. The summed E-state index contributed by atoms with van der Waals surface area (Å²) in [6.07, 6.45) is 2.91. The number of esters is 1. The van der Waals surface area contributed by atoms with Crippen molar-refractivity contribution in [2.24, 2.45) is 17.8 Å². The van der Waals surface area contributed by atoms with Crippen LogP contribution in [0.1, 0.15) is 36.6 Å². The Morgan fingerprint density at radius 2 is 2.10 bits per heavy atom. The predicted octanol–water partition coefficient (Wildman–Crippen LogP) is 2.11. The fourth-order valence-corrected chi connectivity index (χ4v) is 5.25. The van der Waals surface area contributed by atoms with Gasteiger partial charge in [0.2, 0.25) is 0 Å². The average molecular weight is 397 g/mol. The summed E-state index contributed by atoms with van der Waals surface area (Å²) in [5.74, 6) is -1.38. The van der Waals surface area contributed by atoms with E-state index in [0.29, 0.717) is 38.8 Å². The first-order valence-electron chi connectivity index (χ1n) is 10.2. The van der Waals surface area contributed by atoms with Crippen LogP contribution in [0, 0.1) is 29.2 Å². The summed E-state index contributed by atoms with van der Waals surface area (Å²) in [5, 5.41) is 32.4. The number of aromatic nitrogens is 1. The molecule has 1 fully saturated rings. The molecule has 2 heterocycles. The molecule has 1 saturated carbocycles. The van der Waals surface area contributed by atoms with Crippen molar-refractivity contribution < 1.29 is 19.7 Å². The maximum Gasteiger partial charge on any atom is 0.311 e. The van der Waals surface area contributed by atoms with Gasteiger partial charge in [-0.2, -0.15) is 5.26 Å². The molecule has 0 saturated heterocycles. The van der Waals surface area contributed by atoms with Gasteiger partial charge in [-0.15, -0.1) is 0 Å². The number of methoxy groups -OCH3 is 1. The van der Waals surface area contributed by atoms with Crippen LogP contribution < -0.4 is 0 Å². The molecule has 2 aliphatic rings. The highest BCUT2D eigenvalue weighted by atomic mass is 16.5. The zero-order valence-electron chi connectivity index (χ0n) is 16.5. The summed E-state index contributed by atoms with van der Waals surface area (Å²) >= 11 is 0. The predicted molar refractivity (Wildman–Crippen MR) is 106 cm³/mol. The van der Waals surface area contributed by atoms with Crippen molar-refractivity contribution >= 4 is 16.9 Å². The summed E-state index contributed by atoms with van der Waals surface area (Å²) in [6.45, 7) is 1.07. The van der Waals surface area contributed by atoms with E-state index in [1.54, 1.807) is 4.90 Å². The molecule has 0 unspecified atom stereocenters. The van der Waals surface area contributed by atoms with Gasteiger partial charge in [0, 0.05) is 29.7 Å². The first kappa shape index (κ1) is 19.7. The molecule has 1 aromatic heterocycles. The topological polar surface area (TPSA) is 110 Å². The fourth-order valence-electron chi connectivity index (χ4n) is 5.25. The number of para-hydroxylation sites is 1. The van der Waals surface area contributed by atoms with Crippen LogP contribution in [-0.4, -0.2) is 52.4 Å². The molecular formula is C22H27N3O4. The molecule has 3 N–H and O–H groups in total. The summed E-state index contributed by atoms with van der Waals surface area (Å²) < 4.78 is 4.98. The van der Waals surface area contributed by atoms with E-state index < -0.39 is 24.1 Å². The Kier molecular flexibility index (Phi) is 5.48. The lowest BCUT2D eigenvalue weighted by Crippen LogP contribution is -2.47. The largest absolute Gasteiger partial charge is 0.469 e. The number of nitrogens with zero attached hydrogens (tertiary/aromatic N) is 2. The SMILES string of the molecule is COC(=O)[C@@H]1[C@H]2C[C@@H](O)c3[nH]c4ccccc4c3CCN(C#N)C[C@@H]2CC[C@@H]1O. The molecule has 1 aliphatic carbocycles. The molecule has 0 bridgehead atoms. The van der Waals surface area contributed by atoms with Crippen LogP contribution in [-0.2, 0) is 16.0 Å². The van der Waals surface area contributed by atoms with E-state index in [1.165, 1.54) is 7.11 Å². The van der Waals surface area contributed by atoms with Gasteiger partial charge in [0.1, 0.15) is 0 Å². The van der Waals surface area contributed by atoms with Crippen LogP contribution in [0.25, 0.3) is 10.9 Å². The van der Waals surface area contributed by atoms with E-state index in [2.05, 4.69) is 11.2 Å². The lowest BCUT2D eigenvalue weighted by molar-refractivity contribution is -0.158. The van der Waals surface area contributed by atoms with Crippen LogP contribution in [0.4, 0.5) is 0 Å². The van der Waals surface area contributed by atoms with Gasteiger partial charge in [-0.05, 0) is 49.1 Å². The molecule has 0 spiro atoms. The van der Waals surface area contributed by atoms with Crippen molar-refractivity contribution in [3.8, 4) is 6.19 Å². The van der Waals surface area contributed by atoms with Gasteiger partial charge in [0.15, 0.2) is 6.19 Å². The monoisotopic (exact) mass is 397 g/mol. The summed E-state index contributed by atoms with van der Waals surface area (Å²) in [4.78, 5) is 17.6. The molecule has 2 aromatic rings. The van der Waals surface area contributed by atoms with Crippen LogP contribution in [0.2, 0.25) is 0 Å². The minimum Gasteiger partial charge on any atom is -0.469 e. The van der Waals surface area contributed by atoms with E-state index in [-0.39, 0.29) is 11.8 Å². The summed E-state index contributed by atoms with van der Waals surface area (Å²) in [7, 11) is 1.33. The molecular weight excluding hydrogens is 370 g/mol. The quantitative estimate of drug-likeness (QED) is 0.502. The molecule has 7 heteroatoms. The number of ether oxygens (including phenoxy) is 1. The number of aromatic amines is 1. The van der Waals surface area contributed by atoms with Crippen molar-refractivity contribution in [3.05, 3.63) is 35.5 Å². The van der Waals surface area contributed by atoms with Crippen molar-refractivity contribution in [2.45, 2.75) is 37.9 Å². The third kappa shape index (κ3) is 3.59. The van der Waals surface area contributed by atoms with E-state index in [4.69, 9.17) is 4.74 Å². The van der Waals surface area contributed by atoms with Crippen molar-refractivity contribution in [1.82, 2.24) is 9.88 Å². The molecule has 5 atom stereocenters. The van der Waals surface area contributed by atoms with E-state index >= 15 is 0 Å². The molecule has 1 aliphatic heterocycles. The van der Waals surface area contributed by atoms with E-state index in [1.807, 2.05) is 24.3 Å². The Morgan fingerprint density at radius 3 is 2.86 bits per heavy atom. The molecule has 7 nitrogen and oxygen atoms in total. The first-order chi connectivity index (χ1) is 14.0. The number of aliphatic hydroxyl groups excluding tert-OH is 2. The molecule has 1 aromatic carbocycles. The standard InChI is InChI=1S/C22H27N3O4/c1-29-22(28)20-16-10-19(27)21-15(14-4-2-3-5-17(14)24-21)8-9-25(12-23)11-13(16)6-7-18(20)26/h2-5,13,16,18-20,24,26-27H,6-11H2,1H3/t13-,16-,18-,19+,20+/m0/s1. The van der Waals surface area contributed by atoms with Crippen LogP contribution in [0.15, 0.2) is 24.3 Å². The smallest absolute Gasteiger partial charge is 0.311 e. The minimum absolute atomic E-state index is 0.0303. The van der Waals surface area contributed by atoms with Crippen molar-refractivity contribution in [2.75, 3.05) is 20.2 Å². The van der Waals surface area contributed by atoms with Gasteiger partial charge >= 0.3 is 5.97 Å². The zero-order valence-corrected chi connectivity index (χ0v) is 16.5. The number of H-pyrrole nitrogens is 1. The van der Waals surface area contributed by atoms with Gasteiger partial charge in [-0.3, -0.25) is 4.79 Å². The number of carbonyl (C=O) groups is 1. The summed E-state index contributed by atoms with van der Waals surface area (Å²) in [6, 6.07) is 7.90. The van der Waals surface area contributed by atoms with Gasteiger partial charge in [-0.25, -0.2) is 0 Å². The highest BCUT2D eigenvalue weighted by molar-refractivity contribution is 5.84. The Bertz CT molecular complexity index is 934. The number of nitrogens with one attached hydrogen (secondary N) is 1. The second kappa shape index (κ2) is 8.05. The summed E-state index contributed by atoms with van der Waals surface area (Å²) in [5.41, 5.74) is 2.70. The lowest BCUT2D eigenvalue weighted by Gasteiger charge is -2.42. The number of aliphatic hydroxyl groups is 2. The number of hydrogen-bond acceptors (Lipinski definition) is 6. The Morgan fingerprint density at radius 1 is 1.31 bits per heavy atom. The first-order valence-corrected chi connectivity index (χ1v) is 10.2. The number of nitriles is 1. The number of rotatable bonds is 1. The number of carbonyl (C=O) groups excluding carboxylic acids is 1. The van der Waals surface area contributed by atoms with Gasteiger partial charge in [-0.1, -0.05) is 18.2 Å². The second-order valence-electron chi connectivity index (χ2n) is 8.23. The van der Waals surface area contributed by atoms with E-state index in [9.17, 15) is 20.3 Å². The number of benzene rings is 1. The van der Waals surface area contributed by atoms with Crippen LogP contribution in [0.3, 0.4) is 0 Å². The third-order valence-electron chi connectivity index (χ3n) is 6.69. The molecule has 29 heavy (non-hydrogen) atoms. The highest BCUT2D eigenvalue weighted by Crippen LogP contribution is 2.43. The van der Waals surface area contributed by atoms with Crippen LogP contribution in [0.5, 0.6) is 0 Å². The second-order valence-corrected chi connectivity index (χ2v) is 8.23. The molecule has 0 radical (unpaired) electrons. The van der Waals surface area contributed by atoms with Crippen molar-refractivity contribution in [3.63, 3.8) is 0 Å². The third-order valence-corrected chi connectivity index (χ3v) is 6.69. The number of hydrogen-bond donors (Lipinski definition) is 3. The zero-order chi connectivity index (χ0) is 20.5. The van der Waals surface area contributed by atoms with Gasteiger partial charge in [0.05, 0.1) is 25.2 Å². The Balaban J connectivity index is 1.77. The Hall–Kier alpha value is -2.56. The maximum atomic E-state index is 12.5. The van der Waals surface area contributed by atoms with Crippen LogP contribution >= 0.6 is 0 Å². The average Bonchev–Trinajstić information content (AvgIpc) is 3.10. The lowest BCUT2D eigenvalue weighted by atomic mass is 9.67. The fraction of sp³-hybridized carbons (Fsp3) is 0.545. The normalized spacial score (nSPS) is 30.1. The molecule has 0 amide bonds. The Labute approximate surface area is 169 Å². The van der Waals surface area contributed by atoms with Gasteiger partial charge < -0.3 is 24.8 Å².